The molecule has 0 aromatic carbocycles. The average Bonchev–Trinajstić information content (AvgIpc) is 2.21. The number of hydrogen-bond acceptors (Lipinski definition) is 4. The summed E-state index contributed by atoms with van der Waals surface area (Å²) in [7, 11) is 0. The number of halogens is 1. The predicted octanol–water partition coefficient (Wildman–Crippen LogP) is 1.93. The minimum Gasteiger partial charge on any atom is -0.391 e. The molecule has 0 saturated heterocycles. The lowest BCUT2D eigenvalue weighted by molar-refractivity contribution is 0.183. The van der Waals surface area contributed by atoms with Crippen molar-refractivity contribution in [1.29, 1.82) is 0 Å². The molecular formula is C10H16ClN3O. The van der Waals surface area contributed by atoms with E-state index in [0.29, 0.717) is 23.9 Å². The maximum atomic E-state index is 9.38. The summed E-state index contributed by atoms with van der Waals surface area (Å²) in [5.74, 6) is 0.535. The fourth-order valence-corrected chi connectivity index (χ4v) is 1.28. The third-order valence-corrected chi connectivity index (χ3v) is 2.50. The van der Waals surface area contributed by atoms with E-state index in [0.717, 1.165) is 11.4 Å². The molecule has 0 aliphatic heterocycles. The van der Waals surface area contributed by atoms with Gasteiger partial charge >= 0.3 is 0 Å². The fraction of sp³-hybridized carbons (Fsp3) is 0.600. The molecule has 5 heteroatoms. The number of anilines is 1. The number of aryl methyl sites for hydroxylation is 2. The average molecular weight is 230 g/mol. The van der Waals surface area contributed by atoms with Gasteiger partial charge in [0.1, 0.15) is 0 Å². The molecule has 1 aromatic heterocycles. The third-order valence-electron chi connectivity index (χ3n) is 2.24. The van der Waals surface area contributed by atoms with E-state index in [1.54, 1.807) is 0 Å². The van der Waals surface area contributed by atoms with E-state index in [4.69, 9.17) is 11.6 Å². The van der Waals surface area contributed by atoms with E-state index in [-0.39, 0.29) is 6.10 Å². The smallest absolute Gasteiger partial charge is 0.171 e. The summed E-state index contributed by atoms with van der Waals surface area (Å²) in [6.45, 7) is 6.09. The molecule has 4 nitrogen and oxygen atoms in total. The first-order chi connectivity index (χ1) is 7.04. The largest absolute Gasteiger partial charge is 0.391 e. The van der Waals surface area contributed by atoms with E-state index in [2.05, 4.69) is 15.3 Å². The van der Waals surface area contributed by atoms with Crippen LogP contribution in [0, 0.1) is 13.8 Å². The predicted molar refractivity (Wildman–Crippen MR) is 61.3 cm³/mol. The molecule has 1 rings (SSSR count). The van der Waals surface area contributed by atoms with E-state index in [1.165, 1.54) is 0 Å². The lowest BCUT2D eigenvalue weighted by atomic mass is 10.3. The Balaban J connectivity index is 2.73. The van der Waals surface area contributed by atoms with Crippen LogP contribution < -0.4 is 5.32 Å². The van der Waals surface area contributed by atoms with Gasteiger partial charge in [0.2, 0.25) is 0 Å². The van der Waals surface area contributed by atoms with Crippen molar-refractivity contribution in [2.75, 3.05) is 11.9 Å². The van der Waals surface area contributed by atoms with Crippen molar-refractivity contribution in [1.82, 2.24) is 9.97 Å². The van der Waals surface area contributed by atoms with Crippen LogP contribution in [0.2, 0.25) is 5.15 Å². The number of aliphatic hydroxyl groups is 1. The standard InChI is InChI=1S/C10H16ClN3O/c1-4-8(15)5-12-10-9(11)13-6(2)7(3)14-10/h8,15H,4-5H2,1-3H3,(H,12,14). The van der Waals surface area contributed by atoms with Gasteiger partial charge in [0.25, 0.3) is 0 Å². The summed E-state index contributed by atoms with van der Waals surface area (Å²) in [6.07, 6.45) is 0.313. The second-order valence-corrected chi connectivity index (χ2v) is 3.83. The van der Waals surface area contributed by atoms with Crippen molar-refractivity contribution < 1.29 is 5.11 Å². The normalized spacial score (nSPS) is 12.6. The lowest BCUT2D eigenvalue weighted by Gasteiger charge is -2.11. The highest BCUT2D eigenvalue weighted by Crippen LogP contribution is 2.18. The topological polar surface area (TPSA) is 58.0 Å². The minimum absolute atomic E-state index is 0.349. The molecule has 2 N–H and O–H groups in total. The molecule has 0 aliphatic carbocycles. The molecular weight excluding hydrogens is 214 g/mol. The Hall–Kier alpha value is -0.870. The first-order valence-electron chi connectivity index (χ1n) is 4.97. The molecule has 0 fully saturated rings. The lowest BCUT2D eigenvalue weighted by Crippen LogP contribution is -2.19. The summed E-state index contributed by atoms with van der Waals surface area (Å²) in [6, 6.07) is 0. The molecule has 1 aromatic rings. The molecule has 0 aliphatic rings. The molecule has 1 unspecified atom stereocenters. The summed E-state index contributed by atoms with van der Waals surface area (Å²) < 4.78 is 0. The van der Waals surface area contributed by atoms with Gasteiger partial charge in [0.05, 0.1) is 17.5 Å². The van der Waals surface area contributed by atoms with Crippen molar-refractivity contribution >= 4 is 17.4 Å². The van der Waals surface area contributed by atoms with Crippen LogP contribution in [-0.2, 0) is 0 Å². The second-order valence-electron chi connectivity index (χ2n) is 3.48. The monoisotopic (exact) mass is 229 g/mol. The van der Waals surface area contributed by atoms with Crippen LogP contribution in [0.1, 0.15) is 24.7 Å². The summed E-state index contributed by atoms with van der Waals surface area (Å²) >= 11 is 5.91. The number of rotatable bonds is 4. The van der Waals surface area contributed by atoms with E-state index in [9.17, 15) is 5.11 Å². The van der Waals surface area contributed by atoms with E-state index >= 15 is 0 Å². The highest BCUT2D eigenvalue weighted by atomic mass is 35.5. The Bertz CT molecular complexity index is 344. The van der Waals surface area contributed by atoms with Gasteiger partial charge in [0.15, 0.2) is 11.0 Å². The maximum absolute atomic E-state index is 9.38. The summed E-state index contributed by atoms with van der Waals surface area (Å²) in [5.41, 5.74) is 1.66. The van der Waals surface area contributed by atoms with Crippen LogP contribution in [0.5, 0.6) is 0 Å². The third kappa shape index (κ3) is 3.32. The maximum Gasteiger partial charge on any atom is 0.171 e. The molecule has 0 spiro atoms. The Kier molecular flexibility index (Phi) is 4.29. The van der Waals surface area contributed by atoms with Crippen molar-refractivity contribution in [2.24, 2.45) is 0 Å². The number of aliphatic hydroxyl groups excluding tert-OH is 1. The van der Waals surface area contributed by atoms with Crippen LogP contribution in [0.3, 0.4) is 0 Å². The molecule has 1 heterocycles. The van der Waals surface area contributed by atoms with Gasteiger partial charge in [-0.3, -0.25) is 0 Å². The van der Waals surface area contributed by atoms with Gasteiger partial charge in [-0.1, -0.05) is 18.5 Å². The van der Waals surface area contributed by atoms with Crippen LogP contribution in [0.4, 0.5) is 5.82 Å². The van der Waals surface area contributed by atoms with E-state index in [1.807, 2.05) is 20.8 Å². The quantitative estimate of drug-likeness (QED) is 0.829. The van der Waals surface area contributed by atoms with E-state index < -0.39 is 0 Å². The SMILES string of the molecule is CCC(O)CNc1nc(C)c(C)nc1Cl. The second kappa shape index (κ2) is 5.28. The van der Waals surface area contributed by atoms with Gasteiger partial charge < -0.3 is 10.4 Å². The number of hydrogen-bond donors (Lipinski definition) is 2. The van der Waals surface area contributed by atoms with Crippen LogP contribution in [0.25, 0.3) is 0 Å². The highest BCUT2D eigenvalue weighted by Gasteiger charge is 2.08. The van der Waals surface area contributed by atoms with Crippen molar-refractivity contribution in [3.63, 3.8) is 0 Å². The summed E-state index contributed by atoms with van der Waals surface area (Å²) in [4.78, 5) is 8.40. The number of nitrogens with zero attached hydrogens (tertiary/aromatic N) is 2. The molecule has 1 atom stereocenters. The van der Waals surface area contributed by atoms with Gasteiger partial charge in [-0.25, -0.2) is 9.97 Å². The Labute approximate surface area is 94.7 Å². The minimum atomic E-state index is -0.385. The molecule has 15 heavy (non-hydrogen) atoms. The van der Waals surface area contributed by atoms with Gasteiger partial charge in [0, 0.05) is 6.54 Å². The Morgan fingerprint density at radius 2 is 1.93 bits per heavy atom. The fourth-order valence-electron chi connectivity index (χ4n) is 1.05. The van der Waals surface area contributed by atoms with Crippen LogP contribution >= 0.6 is 11.6 Å². The van der Waals surface area contributed by atoms with Gasteiger partial charge in [-0.05, 0) is 20.3 Å². The van der Waals surface area contributed by atoms with Crippen LogP contribution in [-0.4, -0.2) is 27.7 Å². The molecule has 0 radical (unpaired) electrons. The van der Waals surface area contributed by atoms with Gasteiger partial charge in [-0.15, -0.1) is 0 Å². The van der Waals surface area contributed by atoms with Crippen molar-refractivity contribution in [2.45, 2.75) is 33.3 Å². The zero-order chi connectivity index (χ0) is 11.4. The molecule has 84 valence electrons. The number of aromatic nitrogens is 2. The van der Waals surface area contributed by atoms with Crippen molar-refractivity contribution in [3.05, 3.63) is 16.5 Å². The molecule has 0 saturated carbocycles. The Morgan fingerprint density at radius 1 is 1.33 bits per heavy atom. The molecule has 0 bridgehead atoms. The zero-order valence-corrected chi connectivity index (χ0v) is 9.97. The van der Waals surface area contributed by atoms with Crippen molar-refractivity contribution in [3.8, 4) is 0 Å². The highest BCUT2D eigenvalue weighted by molar-refractivity contribution is 6.31. The Morgan fingerprint density at radius 3 is 2.53 bits per heavy atom. The first-order valence-corrected chi connectivity index (χ1v) is 5.35. The van der Waals surface area contributed by atoms with Gasteiger partial charge in [-0.2, -0.15) is 0 Å². The zero-order valence-electron chi connectivity index (χ0n) is 9.21. The van der Waals surface area contributed by atoms with Crippen LogP contribution in [0.15, 0.2) is 0 Å². The summed E-state index contributed by atoms with van der Waals surface area (Å²) in [5, 5.41) is 12.7. The molecule has 0 amide bonds. The number of nitrogens with one attached hydrogen (secondary N) is 1. The first kappa shape index (κ1) is 12.2.